The molecule has 0 spiro atoms. The van der Waals surface area contributed by atoms with Crippen LogP contribution in [0.25, 0.3) is 0 Å². The molecule has 1 amide bonds. The van der Waals surface area contributed by atoms with Crippen LogP contribution in [0.5, 0.6) is 11.5 Å². The maximum Gasteiger partial charge on any atom is 0.263 e. The number of nitrogens with one attached hydrogen (secondary N) is 2. The van der Waals surface area contributed by atoms with Gasteiger partial charge in [0, 0.05) is 28.6 Å². The molecule has 8 nitrogen and oxygen atoms in total. The van der Waals surface area contributed by atoms with Crippen molar-refractivity contribution in [2.75, 3.05) is 10.0 Å². The zero-order valence-electron chi connectivity index (χ0n) is 19.0. The average molecular weight is 487 g/mol. The van der Waals surface area contributed by atoms with Crippen LogP contribution in [0.1, 0.15) is 28.6 Å². The second-order valence-electron chi connectivity index (χ2n) is 8.17. The first-order chi connectivity index (χ1) is 16.8. The third-order valence-corrected chi connectivity index (χ3v) is 6.95. The molecule has 0 unspecified atom stereocenters. The SMILES string of the molecule is Cc1cc(NS(=O)(=O)c2ccc(NC(=O)C3c4ccccc4Oc4ccccc43)cc2)nc(C)n1. The summed E-state index contributed by atoms with van der Waals surface area (Å²) in [7, 11) is -3.86. The van der Waals surface area contributed by atoms with Crippen LogP contribution in [0.2, 0.25) is 0 Å². The van der Waals surface area contributed by atoms with Gasteiger partial charge in [-0.3, -0.25) is 9.52 Å². The molecule has 0 radical (unpaired) electrons. The fourth-order valence-corrected chi connectivity index (χ4v) is 5.08. The number of carbonyl (C=O) groups is 1. The van der Waals surface area contributed by atoms with Crippen LogP contribution in [0, 0.1) is 13.8 Å². The lowest BCUT2D eigenvalue weighted by Crippen LogP contribution is -2.25. The van der Waals surface area contributed by atoms with Gasteiger partial charge in [-0.1, -0.05) is 36.4 Å². The minimum Gasteiger partial charge on any atom is -0.457 e. The van der Waals surface area contributed by atoms with E-state index in [1.54, 1.807) is 32.0 Å². The van der Waals surface area contributed by atoms with E-state index in [1.807, 2.05) is 48.5 Å². The number of aryl methyl sites for hydroxylation is 2. The van der Waals surface area contributed by atoms with Gasteiger partial charge in [-0.05, 0) is 50.2 Å². The van der Waals surface area contributed by atoms with Crippen molar-refractivity contribution in [3.63, 3.8) is 0 Å². The van der Waals surface area contributed by atoms with Crippen LogP contribution in [0.4, 0.5) is 11.5 Å². The third-order valence-electron chi connectivity index (χ3n) is 5.58. The Bertz CT molecular complexity index is 1470. The molecule has 35 heavy (non-hydrogen) atoms. The molecule has 9 heteroatoms. The van der Waals surface area contributed by atoms with Crippen LogP contribution in [0.15, 0.2) is 83.8 Å². The van der Waals surface area contributed by atoms with Crippen LogP contribution in [-0.2, 0) is 14.8 Å². The summed E-state index contributed by atoms with van der Waals surface area (Å²) in [6.07, 6.45) is 0. The summed E-state index contributed by atoms with van der Waals surface area (Å²) in [5.74, 6) is 1.13. The van der Waals surface area contributed by atoms with E-state index in [9.17, 15) is 13.2 Å². The van der Waals surface area contributed by atoms with Gasteiger partial charge in [0.15, 0.2) is 0 Å². The summed E-state index contributed by atoms with van der Waals surface area (Å²) in [4.78, 5) is 21.7. The normalized spacial score (nSPS) is 12.7. The number of anilines is 2. The zero-order chi connectivity index (χ0) is 24.6. The predicted molar refractivity (Wildman–Crippen MR) is 132 cm³/mol. The van der Waals surface area contributed by atoms with E-state index < -0.39 is 15.9 Å². The van der Waals surface area contributed by atoms with E-state index in [2.05, 4.69) is 20.0 Å². The highest BCUT2D eigenvalue weighted by atomic mass is 32.2. The van der Waals surface area contributed by atoms with Crippen molar-refractivity contribution in [2.45, 2.75) is 24.7 Å². The molecule has 1 aliphatic heterocycles. The van der Waals surface area contributed by atoms with Gasteiger partial charge < -0.3 is 10.1 Å². The number of aromatic nitrogens is 2. The second-order valence-corrected chi connectivity index (χ2v) is 9.85. The Morgan fingerprint density at radius 2 is 1.46 bits per heavy atom. The Balaban J connectivity index is 1.37. The number of carbonyl (C=O) groups excluding carboxylic acids is 1. The molecule has 0 bridgehead atoms. The van der Waals surface area contributed by atoms with E-state index in [-0.39, 0.29) is 16.6 Å². The van der Waals surface area contributed by atoms with Crippen molar-refractivity contribution in [3.8, 4) is 11.5 Å². The van der Waals surface area contributed by atoms with Gasteiger partial charge in [-0.25, -0.2) is 18.4 Å². The van der Waals surface area contributed by atoms with E-state index in [0.717, 1.165) is 11.1 Å². The van der Waals surface area contributed by atoms with Crippen molar-refractivity contribution in [2.24, 2.45) is 0 Å². The van der Waals surface area contributed by atoms with Crippen molar-refractivity contribution in [1.82, 2.24) is 9.97 Å². The number of rotatable bonds is 5. The highest BCUT2D eigenvalue weighted by Gasteiger charge is 2.32. The van der Waals surface area contributed by atoms with Gasteiger partial charge >= 0.3 is 0 Å². The summed E-state index contributed by atoms with van der Waals surface area (Å²) in [5.41, 5.74) is 2.67. The van der Waals surface area contributed by atoms with Crippen molar-refractivity contribution >= 4 is 27.4 Å². The molecule has 4 aromatic rings. The molecule has 0 fully saturated rings. The van der Waals surface area contributed by atoms with Gasteiger partial charge in [0.2, 0.25) is 5.91 Å². The van der Waals surface area contributed by atoms with Crippen LogP contribution >= 0.6 is 0 Å². The zero-order valence-corrected chi connectivity index (χ0v) is 19.8. The van der Waals surface area contributed by atoms with Crippen LogP contribution in [0.3, 0.4) is 0 Å². The molecule has 0 aliphatic carbocycles. The Kier molecular flexibility index (Phi) is 5.70. The fourth-order valence-electron chi connectivity index (χ4n) is 4.09. The summed E-state index contributed by atoms with van der Waals surface area (Å²) < 4.78 is 34.0. The van der Waals surface area contributed by atoms with E-state index in [0.29, 0.717) is 28.7 Å². The monoisotopic (exact) mass is 486 g/mol. The smallest absolute Gasteiger partial charge is 0.263 e. The predicted octanol–water partition coefficient (Wildman–Crippen LogP) is 4.77. The summed E-state index contributed by atoms with van der Waals surface area (Å²) in [6.45, 7) is 3.46. The molecule has 0 atom stereocenters. The Morgan fingerprint density at radius 3 is 2.06 bits per heavy atom. The number of fused-ring (bicyclic) bond motifs is 2. The molecule has 3 aromatic carbocycles. The highest BCUT2D eigenvalue weighted by molar-refractivity contribution is 7.92. The number of para-hydroxylation sites is 2. The minimum atomic E-state index is -3.86. The molecular formula is C26H22N4O4S. The minimum absolute atomic E-state index is 0.0474. The Labute approximate surface area is 203 Å². The first-order valence-corrected chi connectivity index (χ1v) is 12.4. The lowest BCUT2D eigenvalue weighted by atomic mass is 9.87. The average Bonchev–Trinajstić information content (AvgIpc) is 2.81. The number of nitrogens with zero attached hydrogens (tertiary/aromatic N) is 2. The second kappa shape index (κ2) is 8.84. The van der Waals surface area contributed by atoms with Crippen molar-refractivity contribution in [3.05, 3.63) is 102 Å². The molecule has 1 aliphatic rings. The molecule has 2 N–H and O–H groups in total. The largest absolute Gasteiger partial charge is 0.457 e. The summed E-state index contributed by atoms with van der Waals surface area (Å²) in [5, 5.41) is 2.91. The lowest BCUT2D eigenvalue weighted by molar-refractivity contribution is -0.116. The molecular weight excluding hydrogens is 464 g/mol. The van der Waals surface area contributed by atoms with Gasteiger partial charge in [0.1, 0.15) is 23.1 Å². The standard InChI is InChI=1S/C26H22N4O4S/c1-16-15-24(28-17(2)27-16)30-35(32,33)19-13-11-18(12-14-19)29-26(31)25-20-7-3-5-9-22(20)34-23-10-6-4-8-21(23)25/h3-15,25H,1-2H3,(H,29,31)(H,27,28,30). The molecule has 0 saturated heterocycles. The topological polar surface area (TPSA) is 110 Å². The van der Waals surface area contributed by atoms with Crippen molar-refractivity contribution < 1.29 is 17.9 Å². The van der Waals surface area contributed by atoms with Gasteiger partial charge in [0.05, 0.1) is 10.8 Å². The quantitative estimate of drug-likeness (QED) is 0.420. The highest BCUT2D eigenvalue weighted by Crippen LogP contribution is 2.44. The van der Waals surface area contributed by atoms with Gasteiger partial charge in [-0.15, -0.1) is 0 Å². The van der Waals surface area contributed by atoms with E-state index >= 15 is 0 Å². The Morgan fingerprint density at radius 1 is 0.857 bits per heavy atom. The van der Waals surface area contributed by atoms with Crippen LogP contribution < -0.4 is 14.8 Å². The van der Waals surface area contributed by atoms with Crippen LogP contribution in [-0.4, -0.2) is 24.3 Å². The number of sulfonamides is 1. The molecule has 2 heterocycles. The van der Waals surface area contributed by atoms with Gasteiger partial charge in [0.25, 0.3) is 10.0 Å². The van der Waals surface area contributed by atoms with E-state index in [4.69, 9.17) is 4.74 Å². The van der Waals surface area contributed by atoms with Crippen molar-refractivity contribution in [1.29, 1.82) is 0 Å². The molecule has 1 aromatic heterocycles. The first kappa shape index (κ1) is 22.5. The summed E-state index contributed by atoms with van der Waals surface area (Å²) in [6, 6.07) is 22.4. The third kappa shape index (κ3) is 4.58. The maximum absolute atomic E-state index is 13.4. The maximum atomic E-state index is 13.4. The fraction of sp³-hybridized carbons (Fsp3) is 0.115. The molecule has 0 saturated carbocycles. The molecule has 5 rings (SSSR count). The lowest BCUT2D eigenvalue weighted by Gasteiger charge is -2.27. The summed E-state index contributed by atoms with van der Waals surface area (Å²) >= 11 is 0. The number of hydrogen-bond acceptors (Lipinski definition) is 6. The Hall–Kier alpha value is -4.24. The number of ether oxygens (including phenoxy) is 1. The molecule has 176 valence electrons. The number of benzene rings is 3. The number of amides is 1. The van der Waals surface area contributed by atoms with E-state index in [1.165, 1.54) is 12.1 Å². The number of hydrogen-bond donors (Lipinski definition) is 2. The first-order valence-electron chi connectivity index (χ1n) is 10.9. The van der Waals surface area contributed by atoms with Gasteiger partial charge in [-0.2, -0.15) is 0 Å².